The third kappa shape index (κ3) is 5.35. The van der Waals surface area contributed by atoms with E-state index in [0.717, 1.165) is 63.2 Å². The summed E-state index contributed by atoms with van der Waals surface area (Å²) in [7, 11) is 0. The first-order valence-electron chi connectivity index (χ1n) is 10.4. The maximum Gasteiger partial charge on any atom is 0.237 e. The highest BCUT2D eigenvalue weighted by molar-refractivity contribution is 5.85. The fraction of sp³-hybridized carbons (Fsp3) is 0.571. The minimum absolute atomic E-state index is 0. The molecule has 2 aromatic rings. The lowest BCUT2D eigenvalue weighted by atomic mass is 9.96. The highest BCUT2D eigenvalue weighted by atomic mass is 35.5. The van der Waals surface area contributed by atoms with Crippen LogP contribution >= 0.6 is 12.4 Å². The third-order valence-corrected chi connectivity index (χ3v) is 6.00. The highest BCUT2D eigenvalue weighted by Gasteiger charge is 2.27. The van der Waals surface area contributed by atoms with Crippen LogP contribution in [0.1, 0.15) is 44.3 Å². The molecule has 1 amide bonds. The van der Waals surface area contributed by atoms with E-state index >= 15 is 0 Å². The van der Waals surface area contributed by atoms with Crippen LogP contribution in [-0.2, 0) is 4.79 Å². The van der Waals surface area contributed by atoms with E-state index in [1.807, 2.05) is 41.2 Å². The average Bonchev–Trinajstić information content (AvgIpc) is 3.45. The Bertz CT molecular complexity index is 776. The summed E-state index contributed by atoms with van der Waals surface area (Å²) in [6.07, 6.45) is 6.39. The molecule has 4 rings (SSSR count). The van der Waals surface area contributed by atoms with Crippen LogP contribution in [0.25, 0.3) is 5.69 Å². The Morgan fingerprint density at radius 2 is 2.10 bits per heavy atom. The summed E-state index contributed by atoms with van der Waals surface area (Å²) < 4.78 is 1.84. The van der Waals surface area contributed by atoms with Crippen LogP contribution in [-0.4, -0.2) is 58.0 Å². The van der Waals surface area contributed by atoms with E-state index in [0.29, 0.717) is 5.92 Å². The first kappa shape index (κ1) is 21.7. The Hall–Kier alpha value is -1.96. The summed E-state index contributed by atoms with van der Waals surface area (Å²) in [5.74, 6) is 0.652. The summed E-state index contributed by atoms with van der Waals surface area (Å²) in [6, 6.07) is 10.3. The molecule has 1 aromatic heterocycles. The van der Waals surface area contributed by atoms with Crippen LogP contribution in [0.5, 0.6) is 0 Å². The summed E-state index contributed by atoms with van der Waals surface area (Å²) in [5, 5.41) is 15.1. The van der Waals surface area contributed by atoms with Gasteiger partial charge in [0.2, 0.25) is 5.91 Å². The molecule has 3 unspecified atom stereocenters. The van der Waals surface area contributed by atoms with Crippen molar-refractivity contribution in [2.45, 2.75) is 44.7 Å². The number of benzene rings is 1. The van der Waals surface area contributed by atoms with Gasteiger partial charge in [0.05, 0.1) is 29.7 Å². The lowest BCUT2D eigenvalue weighted by Crippen LogP contribution is -2.45. The summed E-state index contributed by atoms with van der Waals surface area (Å²) in [5.41, 5.74) is 2.01. The van der Waals surface area contributed by atoms with Crippen LogP contribution in [0, 0.1) is 5.92 Å². The van der Waals surface area contributed by atoms with E-state index in [1.54, 1.807) is 0 Å². The zero-order valence-corrected chi connectivity index (χ0v) is 17.8. The van der Waals surface area contributed by atoms with Crippen molar-refractivity contribution in [1.29, 1.82) is 0 Å². The highest BCUT2D eigenvalue weighted by Crippen LogP contribution is 2.25. The maximum atomic E-state index is 12.3. The zero-order valence-electron chi connectivity index (χ0n) is 17.0. The van der Waals surface area contributed by atoms with Crippen molar-refractivity contribution >= 4 is 18.3 Å². The predicted octanol–water partition coefficient (Wildman–Crippen LogP) is 2.33. The number of piperidine rings is 1. The first-order valence-corrected chi connectivity index (χ1v) is 10.4. The number of hydrogen-bond acceptors (Lipinski definition) is 5. The molecule has 2 N–H and O–H groups in total. The molecule has 0 bridgehead atoms. The molecule has 0 spiro atoms. The molecule has 29 heavy (non-hydrogen) atoms. The van der Waals surface area contributed by atoms with Crippen molar-refractivity contribution in [1.82, 2.24) is 30.5 Å². The van der Waals surface area contributed by atoms with Gasteiger partial charge < -0.3 is 10.6 Å². The number of amides is 1. The van der Waals surface area contributed by atoms with E-state index in [1.165, 1.54) is 0 Å². The van der Waals surface area contributed by atoms with Crippen molar-refractivity contribution in [3.63, 3.8) is 0 Å². The van der Waals surface area contributed by atoms with Crippen LogP contribution in [0.2, 0.25) is 0 Å². The van der Waals surface area contributed by atoms with Crippen LogP contribution < -0.4 is 10.6 Å². The SMILES string of the molecule is CC(c1cn(-c2ccccc2)nn1)N1CCCC(CNC(=O)C2CCCN2)C1.Cl. The molecule has 158 valence electrons. The van der Waals surface area contributed by atoms with Gasteiger partial charge in [-0.15, -0.1) is 17.5 Å². The standard InChI is InChI=1S/C21H30N6O.ClH/c1-16(20-15-27(25-24-20)18-8-3-2-4-9-18)26-12-6-7-17(14-26)13-23-21(28)19-10-5-11-22-19;/h2-4,8-9,15-17,19,22H,5-7,10-14H2,1H3,(H,23,28);1H. The summed E-state index contributed by atoms with van der Waals surface area (Å²) >= 11 is 0. The van der Waals surface area contributed by atoms with Gasteiger partial charge in [0.25, 0.3) is 0 Å². The molecule has 2 aliphatic rings. The number of nitrogens with one attached hydrogen (secondary N) is 2. The smallest absolute Gasteiger partial charge is 0.237 e. The van der Waals surface area contributed by atoms with Crippen LogP contribution in [0.4, 0.5) is 0 Å². The van der Waals surface area contributed by atoms with E-state index in [4.69, 9.17) is 0 Å². The number of carbonyl (C=O) groups excluding carboxylic acids is 1. The average molecular weight is 419 g/mol. The molecule has 1 aromatic carbocycles. The molecule has 2 fully saturated rings. The van der Waals surface area contributed by atoms with E-state index in [9.17, 15) is 4.79 Å². The Balaban J connectivity index is 0.00000240. The molecule has 0 radical (unpaired) electrons. The lowest BCUT2D eigenvalue weighted by Gasteiger charge is -2.36. The van der Waals surface area contributed by atoms with Gasteiger partial charge in [-0.1, -0.05) is 23.4 Å². The van der Waals surface area contributed by atoms with Gasteiger partial charge in [-0.05, 0) is 63.7 Å². The third-order valence-electron chi connectivity index (χ3n) is 6.00. The van der Waals surface area contributed by atoms with E-state index in [-0.39, 0.29) is 30.4 Å². The minimum atomic E-state index is 0. The molecular formula is C21H31ClN6O. The molecule has 2 saturated heterocycles. The Morgan fingerprint density at radius 1 is 1.28 bits per heavy atom. The number of likely N-dealkylation sites (tertiary alicyclic amines) is 1. The number of para-hydroxylation sites is 1. The predicted molar refractivity (Wildman–Crippen MR) is 115 cm³/mol. The number of hydrogen-bond donors (Lipinski definition) is 2. The van der Waals surface area contributed by atoms with Gasteiger partial charge in [-0.25, -0.2) is 4.68 Å². The fourth-order valence-electron chi connectivity index (χ4n) is 4.25. The Kier molecular flexibility index (Phi) is 7.64. The Labute approximate surface area is 178 Å². The number of nitrogens with zero attached hydrogens (tertiary/aromatic N) is 4. The number of carbonyl (C=O) groups is 1. The van der Waals surface area contributed by atoms with Gasteiger partial charge in [0, 0.05) is 13.1 Å². The van der Waals surface area contributed by atoms with Crippen LogP contribution in [0.15, 0.2) is 36.5 Å². The van der Waals surface area contributed by atoms with Crippen molar-refractivity contribution < 1.29 is 4.79 Å². The topological polar surface area (TPSA) is 75.1 Å². The molecule has 7 nitrogen and oxygen atoms in total. The summed E-state index contributed by atoms with van der Waals surface area (Å²) in [4.78, 5) is 14.7. The zero-order chi connectivity index (χ0) is 19.3. The van der Waals surface area contributed by atoms with Gasteiger partial charge in [-0.2, -0.15) is 0 Å². The molecule has 2 aliphatic heterocycles. The van der Waals surface area contributed by atoms with E-state index in [2.05, 4.69) is 32.8 Å². The quantitative estimate of drug-likeness (QED) is 0.753. The normalized spacial score (nSPS) is 23.3. The lowest BCUT2D eigenvalue weighted by molar-refractivity contribution is -0.123. The van der Waals surface area contributed by atoms with Gasteiger partial charge in [0.15, 0.2) is 0 Å². The summed E-state index contributed by atoms with van der Waals surface area (Å²) in [6.45, 7) is 5.96. The molecule has 3 atom stereocenters. The molecule has 0 aliphatic carbocycles. The van der Waals surface area contributed by atoms with Crippen molar-refractivity contribution in [2.24, 2.45) is 5.92 Å². The van der Waals surface area contributed by atoms with Gasteiger partial charge in [0.1, 0.15) is 0 Å². The first-order chi connectivity index (χ1) is 13.7. The molecule has 3 heterocycles. The largest absolute Gasteiger partial charge is 0.354 e. The molecule has 0 saturated carbocycles. The van der Waals surface area contributed by atoms with Crippen LogP contribution in [0.3, 0.4) is 0 Å². The van der Waals surface area contributed by atoms with Gasteiger partial charge >= 0.3 is 0 Å². The second-order valence-corrected chi connectivity index (χ2v) is 8.00. The number of aromatic nitrogens is 3. The second kappa shape index (κ2) is 10.2. The molecule has 8 heteroatoms. The minimum Gasteiger partial charge on any atom is -0.354 e. The monoisotopic (exact) mass is 418 g/mol. The number of halogens is 1. The van der Waals surface area contributed by atoms with Crippen molar-refractivity contribution in [2.75, 3.05) is 26.2 Å². The Morgan fingerprint density at radius 3 is 2.86 bits per heavy atom. The van der Waals surface area contributed by atoms with Crippen molar-refractivity contribution in [3.05, 3.63) is 42.2 Å². The van der Waals surface area contributed by atoms with E-state index < -0.39 is 0 Å². The number of rotatable bonds is 6. The second-order valence-electron chi connectivity index (χ2n) is 8.00. The van der Waals surface area contributed by atoms with Gasteiger partial charge in [-0.3, -0.25) is 9.69 Å². The fourth-order valence-corrected chi connectivity index (χ4v) is 4.25. The molecular weight excluding hydrogens is 388 g/mol. The maximum absolute atomic E-state index is 12.3. The van der Waals surface area contributed by atoms with Crippen molar-refractivity contribution in [3.8, 4) is 5.69 Å².